The molecular formula is C31H37ClN2O11. The Morgan fingerprint density at radius 1 is 1.00 bits per heavy atom. The highest BCUT2D eigenvalue weighted by Gasteiger charge is 2.53. The molecule has 45 heavy (non-hydrogen) atoms. The quantitative estimate of drug-likeness (QED) is 0.113. The second-order valence-electron chi connectivity index (χ2n) is 11.2. The minimum absolute atomic E-state index is 0.137. The van der Waals surface area contributed by atoms with E-state index in [1.807, 2.05) is 0 Å². The van der Waals surface area contributed by atoms with Crippen molar-refractivity contribution in [2.75, 3.05) is 19.1 Å². The molecule has 2 aliphatic heterocycles. The lowest BCUT2D eigenvalue weighted by molar-refractivity contribution is -0.155. The number of carbonyl (C=O) groups is 1. The van der Waals surface area contributed by atoms with E-state index >= 15 is 0 Å². The first kappa shape index (κ1) is 33.1. The fourth-order valence-electron chi connectivity index (χ4n) is 5.49. The maximum atomic E-state index is 12.9. The predicted octanol–water partition coefficient (Wildman–Crippen LogP) is 0.499. The van der Waals surface area contributed by atoms with Gasteiger partial charge >= 0.3 is 0 Å². The van der Waals surface area contributed by atoms with Gasteiger partial charge in [0.1, 0.15) is 73.7 Å². The van der Waals surface area contributed by atoms with Gasteiger partial charge < -0.3 is 60.3 Å². The zero-order valence-electron chi connectivity index (χ0n) is 24.5. The van der Waals surface area contributed by atoms with Gasteiger partial charge in [0.25, 0.3) is 0 Å². The van der Waals surface area contributed by atoms with Gasteiger partial charge in [-0.15, -0.1) is 0 Å². The Labute approximate surface area is 264 Å². The molecule has 2 aromatic carbocycles. The zero-order chi connectivity index (χ0) is 32.4. The second-order valence-corrected chi connectivity index (χ2v) is 11.7. The summed E-state index contributed by atoms with van der Waals surface area (Å²) in [4.78, 5) is 12.9. The molecule has 3 fully saturated rings. The smallest absolute Gasteiger partial charge is 0.247 e. The first-order chi connectivity index (χ1) is 21.4. The molecule has 2 aromatic rings. The lowest BCUT2D eigenvalue weighted by atomic mass is 9.83. The molecule has 0 aromatic heterocycles. The number of ether oxygens (including phenoxy) is 5. The summed E-state index contributed by atoms with van der Waals surface area (Å²) in [5.74, 6) is 0.179. The SMILES string of the molecule is C/C(=C/COc1cccc(Cl)c1)[C@H]1O[C@@H](Oc2ccc(/C=C(\C)C(=O)N[C@@H]3[C@H](O)[C@@H](O)[C@H]4OCO[C@H]4[C@@H]3O)cc2N)[C@H](O)[C@@H]1O. The number of nitrogen functional groups attached to an aromatic ring is 1. The molecule has 0 bridgehead atoms. The summed E-state index contributed by atoms with van der Waals surface area (Å²) < 4.78 is 27.8. The average Bonchev–Trinajstić information content (AvgIpc) is 3.61. The molecule has 0 radical (unpaired) electrons. The van der Waals surface area contributed by atoms with Crippen LogP contribution in [0.3, 0.4) is 0 Å². The van der Waals surface area contributed by atoms with Crippen molar-refractivity contribution in [1.29, 1.82) is 0 Å². The number of anilines is 1. The largest absolute Gasteiger partial charge is 0.489 e. The molecule has 8 N–H and O–H groups in total. The number of nitrogens with two attached hydrogens (primary N) is 1. The number of hydrogen-bond acceptors (Lipinski definition) is 12. The third-order valence-electron chi connectivity index (χ3n) is 8.04. The Balaban J connectivity index is 1.18. The number of aliphatic hydroxyl groups excluding tert-OH is 5. The standard InChI is InChI=1S/C31H37ClN2O11/c1-14(8-9-41-18-5-3-4-17(32)12-18)27-25(38)26(39)31(45-27)44-20-7-6-16(11-19(20)33)10-15(2)30(40)34-21-22(35)24(37)29-28(23(21)36)42-13-43-29/h3-8,10-12,21-29,31,35-39H,9,13,33H2,1-2H3,(H,34,40)/b14-8-,15-10+/t21-,22+,23-,24-,25+,26-,27-,28+,29-,31-/m1/s1. The van der Waals surface area contributed by atoms with Crippen LogP contribution in [0, 0.1) is 0 Å². The van der Waals surface area contributed by atoms with Gasteiger partial charge in [0.15, 0.2) is 0 Å². The van der Waals surface area contributed by atoms with Crippen LogP contribution in [0.2, 0.25) is 5.02 Å². The Bertz CT molecular complexity index is 1440. The normalized spacial score (nSPS) is 33.5. The van der Waals surface area contributed by atoms with Crippen LogP contribution in [0.15, 0.2) is 59.7 Å². The first-order valence-electron chi connectivity index (χ1n) is 14.3. The van der Waals surface area contributed by atoms with Crippen LogP contribution in [-0.4, -0.2) is 106 Å². The maximum Gasteiger partial charge on any atom is 0.247 e. The van der Waals surface area contributed by atoms with Gasteiger partial charge in [-0.1, -0.05) is 23.7 Å². The lowest BCUT2D eigenvalue weighted by Crippen LogP contribution is -2.67. The van der Waals surface area contributed by atoms with E-state index in [-0.39, 0.29) is 30.4 Å². The fraction of sp³-hybridized carbons (Fsp3) is 0.452. The summed E-state index contributed by atoms with van der Waals surface area (Å²) in [7, 11) is 0. The summed E-state index contributed by atoms with van der Waals surface area (Å²) in [6, 6.07) is 10.5. The molecule has 3 aliphatic rings. The van der Waals surface area contributed by atoms with Gasteiger partial charge in [-0.05, 0) is 67.5 Å². The number of aliphatic hydroxyl groups is 5. The summed E-state index contributed by atoms with van der Waals surface area (Å²) in [6.07, 6.45) is -7.33. The van der Waals surface area contributed by atoms with E-state index in [0.717, 1.165) is 0 Å². The Kier molecular flexibility index (Phi) is 10.3. The van der Waals surface area contributed by atoms with E-state index < -0.39 is 67.1 Å². The van der Waals surface area contributed by atoms with Crippen molar-refractivity contribution < 1.29 is 54.0 Å². The monoisotopic (exact) mass is 648 g/mol. The van der Waals surface area contributed by atoms with Crippen LogP contribution in [0.5, 0.6) is 11.5 Å². The van der Waals surface area contributed by atoms with E-state index in [2.05, 4.69) is 5.32 Å². The lowest BCUT2D eigenvalue weighted by Gasteiger charge is -2.41. The van der Waals surface area contributed by atoms with Crippen molar-refractivity contribution in [3.05, 3.63) is 70.3 Å². The second kappa shape index (κ2) is 14.0. The number of nitrogens with one attached hydrogen (secondary N) is 1. The maximum absolute atomic E-state index is 12.9. The number of halogens is 1. The van der Waals surface area contributed by atoms with E-state index in [1.165, 1.54) is 19.1 Å². The van der Waals surface area contributed by atoms with E-state index in [9.17, 15) is 30.3 Å². The molecule has 0 unspecified atom stereocenters. The molecule has 10 atom stereocenters. The minimum Gasteiger partial charge on any atom is -0.489 e. The summed E-state index contributed by atoms with van der Waals surface area (Å²) >= 11 is 5.97. The van der Waals surface area contributed by atoms with Gasteiger partial charge in [-0.25, -0.2) is 0 Å². The van der Waals surface area contributed by atoms with Crippen molar-refractivity contribution in [3.63, 3.8) is 0 Å². The number of benzene rings is 2. The van der Waals surface area contributed by atoms with Crippen LogP contribution in [0.4, 0.5) is 5.69 Å². The highest BCUT2D eigenvalue weighted by atomic mass is 35.5. The third-order valence-corrected chi connectivity index (χ3v) is 8.27. The highest BCUT2D eigenvalue weighted by Crippen LogP contribution is 2.33. The van der Waals surface area contributed by atoms with Crippen molar-refractivity contribution in [2.24, 2.45) is 0 Å². The van der Waals surface area contributed by atoms with Crippen molar-refractivity contribution in [3.8, 4) is 11.5 Å². The van der Waals surface area contributed by atoms with Crippen LogP contribution in [0.25, 0.3) is 6.08 Å². The summed E-state index contributed by atoms with van der Waals surface area (Å²) in [6.45, 7) is 3.32. The molecule has 13 nitrogen and oxygen atoms in total. The highest BCUT2D eigenvalue weighted by molar-refractivity contribution is 6.30. The van der Waals surface area contributed by atoms with Gasteiger partial charge in [0.2, 0.25) is 12.2 Å². The van der Waals surface area contributed by atoms with Crippen molar-refractivity contribution in [1.82, 2.24) is 5.32 Å². The average molecular weight is 649 g/mol. The molecule has 1 amide bonds. The van der Waals surface area contributed by atoms with E-state index in [1.54, 1.807) is 49.4 Å². The summed E-state index contributed by atoms with van der Waals surface area (Å²) in [5, 5.41) is 55.7. The Morgan fingerprint density at radius 2 is 1.73 bits per heavy atom. The number of fused-ring (bicyclic) bond motifs is 1. The molecule has 14 heteroatoms. The van der Waals surface area contributed by atoms with Crippen molar-refractivity contribution in [2.45, 2.75) is 75.0 Å². The van der Waals surface area contributed by atoms with Crippen LogP contribution < -0.4 is 20.5 Å². The molecule has 244 valence electrons. The van der Waals surface area contributed by atoms with Crippen LogP contribution >= 0.6 is 11.6 Å². The molecule has 5 rings (SSSR count). The Hall–Kier alpha value is -3.24. The van der Waals surface area contributed by atoms with Crippen LogP contribution in [0.1, 0.15) is 19.4 Å². The van der Waals surface area contributed by atoms with Gasteiger partial charge in [-0.3, -0.25) is 4.79 Å². The minimum atomic E-state index is -1.47. The Morgan fingerprint density at radius 3 is 2.44 bits per heavy atom. The number of rotatable bonds is 9. The zero-order valence-corrected chi connectivity index (χ0v) is 25.3. The molecule has 1 saturated carbocycles. The first-order valence-corrected chi connectivity index (χ1v) is 14.7. The molecule has 1 aliphatic carbocycles. The molecule has 2 saturated heterocycles. The molecule has 2 heterocycles. The topological polar surface area (TPSA) is 202 Å². The molecular weight excluding hydrogens is 612 g/mol. The van der Waals surface area contributed by atoms with Crippen LogP contribution in [-0.2, 0) is 19.0 Å². The van der Waals surface area contributed by atoms with Gasteiger partial charge in [0.05, 0.1) is 11.7 Å². The number of amides is 1. The molecule has 0 spiro atoms. The van der Waals surface area contributed by atoms with E-state index in [4.69, 9.17) is 41.0 Å². The van der Waals surface area contributed by atoms with Crippen molar-refractivity contribution >= 4 is 29.3 Å². The van der Waals surface area contributed by atoms with E-state index in [0.29, 0.717) is 21.9 Å². The van der Waals surface area contributed by atoms with Gasteiger partial charge in [0, 0.05) is 10.6 Å². The predicted molar refractivity (Wildman–Crippen MR) is 161 cm³/mol. The fourth-order valence-corrected chi connectivity index (χ4v) is 5.67. The summed E-state index contributed by atoms with van der Waals surface area (Å²) in [5.41, 5.74) is 7.77. The third kappa shape index (κ3) is 7.27. The number of carbonyl (C=O) groups excluding carboxylic acids is 1. The van der Waals surface area contributed by atoms with Gasteiger partial charge in [-0.2, -0.15) is 0 Å². The number of hydrogen-bond donors (Lipinski definition) is 7.